The lowest BCUT2D eigenvalue weighted by molar-refractivity contribution is 0.0633. The van der Waals surface area contributed by atoms with Crippen molar-refractivity contribution in [3.8, 4) is 0 Å². The van der Waals surface area contributed by atoms with Gasteiger partial charge in [0.25, 0.3) is 0 Å². The molecule has 0 aliphatic rings. The van der Waals surface area contributed by atoms with Crippen molar-refractivity contribution in [3.05, 3.63) is 34.9 Å². The molecule has 15 heteroatoms. The Morgan fingerprint density at radius 3 is 0.875 bits per heavy atom. The van der Waals surface area contributed by atoms with E-state index in [9.17, 15) is 14.4 Å². The smallest absolute Gasteiger partial charge is 0.337 e. The summed E-state index contributed by atoms with van der Waals surface area (Å²) in [6, 6.07) is 3.26. The summed E-state index contributed by atoms with van der Waals surface area (Å²) in [6.07, 6.45) is 6.90. The highest BCUT2D eigenvalue weighted by atomic mass is 16.4. The predicted octanol–water partition coefficient (Wildman–Crippen LogP) is 1.00. The number of aliphatic hydroxyl groups is 6. The average Bonchev–Trinajstić information content (AvgIpc) is 3.06. The monoisotopic (exact) mass is 693 g/mol. The molecule has 0 aliphatic carbocycles. The SMILES string of the molecule is CCCCN(CCO)CCO.CCCCN(CCO)CCO.CCCCN(CCO)CCO.O=C(O)c1cccc(C(=O)O)c1C(=O)O. The molecule has 15 nitrogen and oxygen atoms in total. The van der Waals surface area contributed by atoms with Crippen LogP contribution in [-0.4, -0.2) is 177 Å². The van der Waals surface area contributed by atoms with Crippen molar-refractivity contribution in [3.63, 3.8) is 0 Å². The minimum absolute atomic E-state index is 0.184. The van der Waals surface area contributed by atoms with Crippen LogP contribution in [0.1, 0.15) is 90.4 Å². The van der Waals surface area contributed by atoms with Crippen molar-refractivity contribution in [2.24, 2.45) is 0 Å². The maximum atomic E-state index is 10.7. The summed E-state index contributed by atoms with van der Waals surface area (Å²) in [5.41, 5.74) is -1.79. The van der Waals surface area contributed by atoms with Gasteiger partial charge in [-0.05, 0) is 51.0 Å². The molecular weight excluding hydrogens is 630 g/mol. The molecule has 0 heterocycles. The van der Waals surface area contributed by atoms with Crippen molar-refractivity contribution < 1.29 is 60.3 Å². The predicted molar refractivity (Wildman–Crippen MR) is 184 cm³/mol. The van der Waals surface area contributed by atoms with E-state index < -0.39 is 34.6 Å². The normalized spacial score (nSPS) is 10.5. The van der Waals surface area contributed by atoms with Gasteiger partial charge in [-0.2, -0.15) is 0 Å². The first-order valence-corrected chi connectivity index (χ1v) is 16.6. The molecule has 0 saturated heterocycles. The van der Waals surface area contributed by atoms with Gasteiger partial charge in [0.1, 0.15) is 0 Å². The van der Waals surface area contributed by atoms with Crippen LogP contribution in [0, 0.1) is 0 Å². The fourth-order valence-electron chi connectivity index (χ4n) is 4.14. The van der Waals surface area contributed by atoms with E-state index in [0.717, 1.165) is 70.3 Å². The number of benzene rings is 1. The molecule has 0 bridgehead atoms. The summed E-state index contributed by atoms with van der Waals surface area (Å²) in [4.78, 5) is 38.2. The molecule has 0 amide bonds. The van der Waals surface area contributed by atoms with Crippen LogP contribution in [0.25, 0.3) is 0 Å². The summed E-state index contributed by atoms with van der Waals surface area (Å²) < 4.78 is 0. The molecule has 0 fully saturated rings. The third kappa shape index (κ3) is 27.2. The second kappa shape index (κ2) is 35.6. The van der Waals surface area contributed by atoms with E-state index in [1.807, 2.05) is 0 Å². The zero-order chi connectivity index (χ0) is 37.2. The zero-order valence-corrected chi connectivity index (χ0v) is 29.2. The lowest BCUT2D eigenvalue weighted by atomic mass is 10.0. The van der Waals surface area contributed by atoms with Gasteiger partial charge in [0.05, 0.1) is 56.3 Å². The Morgan fingerprint density at radius 2 is 0.708 bits per heavy atom. The summed E-state index contributed by atoms with van der Waals surface area (Å²) in [7, 11) is 0. The third-order valence-electron chi connectivity index (χ3n) is 6.72. The van der Waals surface area contributed by atoms with Crippen LogP contribution in [0.2, 0.25) is 0 Å². The van der Waals surface area contributed by atoms with Gasteiger partial charge in [0.15, 0.2) is 0 Å². The van der Waals surface area contributed by atoms with Gasteiger partial charge in [0.2, 0.25) is 0 Å². The van der Waals surface area contributed by atoms with Gasteiger partial charge in [-0.3, -0.25) is 14.7 Å². The molecule has 0 radical (unpaired) electrons. The number of aliphatic hydroxyl groups excluding tert-OH is 6. The number of aromatic carboxylic acids is 3. The Bertz CT molecular complexity index is 826. The Hall–Kier alpha value is -2.73. The number of hydrogen-bond donors (Lipinski definition) is 9. The Morgan fingerprint density at radius 1 is 0.458 bits per heavy atom. The van der Waals surface area contributed by atoms with Crippen LogP contribution < -0.4 is 0 Å². The molecular formula is C33H63N3O12. The van der Waals surface area contributed by atoms with Gasteiger partial charge >= 0.3 is 17.9 Å². The van der Waals surface area contributed by atoms with Crippen molar-refractivity contribution >= 4 is 17.9 Å². The molecule has 9 N–H and O–H groups in total. The van der Waals surface area contributed by atoms with Gasteiger partial charge in [-0.15, -0.1) is 0 Å². The van der Waals surface area contributed by atoms with E-state index in [-0.39, 0.29) is 39.6 Å². The van der Waals surface area contributed by atoms with Crippen molar-refractivity contribution in [1.82, 2.24) is 14.7 Å². The summed E-state index contributed by atoms with van der Waals surface area (Å²) >= 11 is 0. The molecule has 0 unspecified atom stereocenters. The molecule has 1 aromatic carbocycles. The van der Waals surface area contributed by atoms with E-state index in [2.05, 4.69) is 35.5 Å². The topological polar surface area (TPSA) is 243 Å². The summed E-state index contributed by atoms with van der Waals surface area (Å²) in [6.45, 7) is 14.5. The molecule has 0 atom stereocenters. The first kappa shape index (κ1) is 49.7. The second-order valence-corrected chi connectivity index (χ2v) is 10.6. The van der Waals surface area contributed by atoms with Crippen LogP contribution in [0.4, 0.5) is 0 Å². The number of carboxylic acid groups (broad SMARTS) is 3. The second-order valence-electron chi connectivity index (χ2n) is 10.6. The van der Waals surface area contributed by atoms with E-state index in [4.69, 9.17) is 46.0 Å². The summed E-state index contributed by atoms with van der Waals surface area (Å²) in [5, 5.41) is 77.9. The highest BCUT2D eigenvalue weighted by Crippen LogP contribution is 2.15. The Kier molecular flexibility index (Phi) is 36.8. The van der Waals surface area contributed by atoms with E-state index in [1.165, 1.54) is 6.07 Å². The summed E-state index contributed by atoms with van der Waals surface area (Å²) in [5.74, 6) is -4.53. The van der Waals surface area contributed by atoms with Crippen LogP contribution in [0.15, 0.2) is 18.2 Å². The lowest BCUT2D eigenvalue weighted by Gasteiger charge is -2.19. The van der Waals surface area contributed by atoms with Gasteiger partial charge in [-0.1, -0.05) is 46.1 Å². The van der Waals surface area contributed by atoms with E-state index in [1.54, 1.807) is 0 Å². The quantitative estimate of drug-likeness (QED) is 0.0734. The number of unbranched alkanes of at least 4 members (excludes halogenated alkanes) is 3. The van der Waals surface area contributed by atoms with Gasteiger partial charge < -0.3 is 46.0 Å². The zero-order valence-electron chi connectivity index (χ0n) is 29.2. The first-order valence-electron chi connectivity index (χ1n) is 16.6. The van der Waals surface area contributed by atoms with Gasteiger partial charge in [0, 0.05) is 39.3 Å². The van der Waals surface area contributed by atoms with Crippen LogP contribution in [0.5, 0.6) is 0 Å². The molecule has 0 aliphatic heterocycles. The number of carbonyl (C=O) groups is 3. The number of rotatable bonds is 24. The molecule has 48 heavy (non-hydrogen) atoms. The molecule has 282 valence electrons. The van der Waals surface area contributed by atoms with Gasteiger partial charge in [-0.25, -0.2) is 14.4 Å². The fraction of sp³-hybridized carbons (Fsp3) is 0.727. The highest BCUT2D eigenvalue weighted by Gasteiger charge is 2.23. The van der Waals surface area contributed by atoms with Crippen molar-refractivity contribution in [1.29, 1.82) is 0 Å². The number of nitrogens with zero attached hydrogens (tertiary/aromatic N) is 3. The lowest BCUT2D eigenvalue weighted by Crippen LogP contribution is -2.30. The minimum Gasteiger partial charge on any atom is -0.478 e. The molecule has 1 rings (SSSR count). The number of hydrogen-bond acceptors (Lipinski definition) is 12. The average molecular weight is 694 g/mol. The fourth-order valence-corrected chi connectivity index (χ4v) is 4.14. The maximum absolute atomic E-state index is 10.7. The molecule has 1 aromatic rings. The molecule has 0 saturated carbocycles. The van der Waals surface area contributed by atoms with Crippen LogP contribution in [-0.2, 0) is 0 Å². The standard InChI is InChI=1S/C9H6O6.3C8H19NO2/c10-7(11)4-2-1-3-5(8(12)13)6(4)9(14)15;3*1-2-3-4-9(5-7-10)6-8-11/h1-3H,(H,10,11)(H,12,13)(H,14,15);3*10-11H,2-8H2,1H3. The van der Waals surface area contributed by atoms with Crippen LogP contribution >= 0.6 is 0 Å². The minimum atomic E-state index is -1.58. The van der Waals surface area contributed by atoms with Crippen LogP contribution in [0.3, 0.4) is 0 Å². The maximum Gasteiger partial charge on any atom is 0.337 e. The Balaban J connectivity index is -0.000000569. The van der Waals surface area contributed by atoms with E-state index in [0.29, 0.717) is 39.3 Å². The highest BCUT2D eigenvalue weighted by molar-refractivity contribution is 6.09. The van der Waals surface area contributed by atoms with E-state index >= 15 is 0 Å². The largest absolute Gasteiger partial charge is 0.478 e. The Labute approximate surface area is 285 Å². The van der Waals surface area contributed by atoms with Crippen molar-refractivity contribution in [2.75, 3.05) is 98.5 Å². The van der Waals surface area contributed by atoms with Crippen molar-refractivity contribution in [2.45, 2.75) is 59.3 Å². The third-order valence-corrected chi connectivity index (χ3v) is 6.72. The first-order chi connectivity index (χ1) is 23.0. The number of carboxylic acids is 3. The molecule has 0 aromatic heterocycles. The molecule has 0 spiro atoms.